The van der Waals surface area contributed by atoms with Gasteiger partial charge in [-0.15, -0.1) is 0 Å². The van der Waals surface area contributed by atoms with Gasteiger partial charge in [-0.2, -0.15) is 4.99 Å². The lowest BCUT2D eigenvalue weighted by atomic mass is 10.2. The van der Waals surface area contributed by atoms with Gasteiger partial charge in [-0.1, -0.05) is 29.0 Å². The molecule has 0 fully saturated rings. The number of nitro groups is 1. The quantitative estimate of drug-likeness (QED) is 0.504. The van der Waals surface area contributed by atoms with Gasteiger partial charge in [0.2, 0.25) is 0 Å². The Balaban J connectivity index is 2.15. The summed E-state index contributed by atoms with van der Waals surface area (Å²) in [5, 5.41) is 11.1. The van der Waals surface area contributed by atoms with Crippen molar-refractivity contribution in [2.75, 3.05) is 0 Å². The van der Waals surface area contributed by atoms with E-state index in [1.165, 1.54) is 23.5 Å². The highest BCUT2D eigenvalue weighted by molar-refractivity contribution is 7.16. The van der Waals surface area contributed by atoms with Crippen LogP contribution in [0.4, 0.5) is 5.69 Å². The maximum absolute atomic E-state index is 12.5. The van der Waals surface area contributed by atoms with Crippen molar-refractivity contribution >= 4 is 44.7 Å². The average Bonchev–Trinajstić information content (AvgIpc) is 2.90. The van der Waals surface area contributed by atoms with E-state index in [4.69, 9.17) is 11.6 Å². The van der Waals surface area contributed by atoms with Crippen LogP contribution in [-0.4, -0.2) is 15.4 Å². The summed E-state index contributed by atoms with van der Waals surface area (Å²) in [7, 11) is 0. The molecule has 0 N–H and O–H groups in total. The third-order valence-electron chi connectivity index (χ3n) is 3.74. The van der Waals surface area contributed by atoms with Crippen LogP contribution in [-0.2, 0) is 6.54 Å². The van der Waals surface area contributed by atoms with Crippen LogP contribution in [0, 0.1) is 17.0 Å². The molecule has 1 heterocycles. The highest BCUT2D eigenvalue weighted by Gasteiger charge is 2.16. The average molecular weight is 376 g/mol. The van der Waals surface area contributed by atoms with Crippen LogP contribution in [0.1, 0.15) is 22.8 Å². The van der Waals surface area contributed by atoms with E-state index in [0.29, 0.717) is 11.3 Å². The fourth-order valence-corrected chi connectivity index (χ4v) is 3.90. The van der Waals surface area contributed by atoms with E-state index >= 15 is 0 Å². The number of benzene rings is 2. The zero-order valence-electron chi connectivity index (χ0n) is 13.5. The van der Waals surface area contributed by atoms with E-state index < -0.39 is 10.8 Å². The van der Waals surface area contributed by atoms with Gasteiger partial charge in [0.25, 0.3) is 11.6 Å². The highest BCUT2D eigenvalue weighted by atomic mass is 35.5. The molecule has 1 aromatic heterocycles. The summed E-state index contributed by atoms with van der Waals surface area (Å²) in [6.07, 6.45) is 0. The lowest BCUT2D eigenvalue weighted by Gasteiger charge is -2.01. The Hall–Kier alpha value is -2.51. The predicted molar refractivity (Wildman–Crippen MR) is 98.2 cm³/mol. The fraction of sp³-hybridized carbons (Fsp3) is 0.176. The molecule has 0 aliphatic carbocycles. The molecule has 128 valence electrons. The molecule has 0 aliphatic rings. The second kappa shape index (κ2) is 6.78. The number of carbonyl (C=O) groups excluding carboxylic acids is 1. The molecule has 0 spiro atoms. The molecular formula is C17H14ClN3O3S. The van der Waals surface area contributed by atoms with Crippen LogP contribution in [0.15, 0.2) is 41.4 Å². The number of halogens is 1. The van der Waals surface area contributed by atoms with Crippen molar-refractivity contribution in [3.05, 3.63) is 67.5 Å². The molecule has 25 heavy (non-hydrogen) atoms. The number of nitrogens with zero attached hydrogens (tertiary/aromatic N) is 3. The Morgan fingerprint density at radius 3 is 2.76 bits per heavy atom. The molecule has 0 aliphatic heterocycles. The fourth-order valence-electron chi connectivity index (χ4n) is 2.51. The Morgan fingerprint density at radius 1 is 1.32 bits per heavy atom. The molecule has 0 atom stereocenters. The number of nitro benzene ring substituents is 1. The van der Waals surface area contributed by atoms with Crippen molar-refractivity contribution in [1.29, 1.82) is 0 Å². The number of amides is 1. The van der Waals surface area contributed by atoms with Crippen molar-refractivity contribution in [2.24, 2.45) is 4.99 Å². The molecule has 0 bridgehead atoms. The largest absolute Gasteiger partial charge is 0.317 e. The maximum atomic E-state index is 12.5. The van der Waals surface area contributed by atoms with Crippen LogP contribution in [0.5, 0.6) is 0 Å². The highest BCUT2D eigenvalue weighted by Crippen LogP contribution is 2.23. The van der Waals surface area contributed by atoms with Gasteiger partial charge in [-0.25, -0.2) is 0 Å². The van der Waals surface area contributed by atoms with Gasteiger partial charge in [0.05, 0.1) is 25.7 Å². The molecule has 0 unspecified atom stereocenters. The lowest BCUT2D eigenvalue weighted by molar-refractivity contribution is -0.384. The Labute approximate surface area is 152 Å². The minimum absolute atomic E-state index is 0.0205. The first-order valence-electron chi connectivity index (χ1n) is 7.53. The van der Waals surface area contributed by atoms with Crippen molar-refractivity contribution in [1.82, 2.24) is 4.57 Å². The van der Waals surface area contributed by atoms with Crippen LogP contribution in [0.25, 0.3) is 10.2 Å². The van der Waals surface area contributed by atoms with Crippen molar-refractivity contribution in [3.8, 4) is 0 Å². The molecular weight excluding hydrogens is 362 g/mol. The first-order valence-corrected chi connectivity index (χ1v) is 8.73. The van der Waals surface area contributed by atoms with Crippen LogP contribution >= 0.6 is 22.9 Å². The first kappa shape index (κ1) is 17.3. The Bertz CT molecular complexity index is 1070. The second-order valence-corrected chi connectivity index (χ2v) is 6.85. The molecule has 8 heteroatoms. The van der Waals surface area contributed by atoms with Crippen LogP contribution in [0.3, 0.4) is 0 Å². The number of thiazole rings is 1. The summed E-state index contributed by atoms with van der Waals surface area (Å²) >= 11 is 7.43. The molecule has 2 aromatic carbocycles. The van der Waals surface area contributed by atoms with Gasteiger partial charge in [0.15, 0.2) is 4.80 Å². The standard InChI is InChI=1S/C17H14ClN3O3S/c1-3-20-14-7-4-10(2)8-15(14)25-17(20)19-16(22)12-9-11(21(23)24)5-6-13(12)18/h4-9H,3H2,1-2H3. The van der Waals surface area contributed by atoms with E-state index in [2.05, 4.69) is 4.99 Å². The van der Waals surface area contributed by atoms with Crippen molar-refractivity contribution in [2.45, 2.75) is 20.4 Å². The maximum Gasteiger partial charge on any atom is 0.281 e. The van der Waals surface area contributed by atoms with Gasteiger partial charge < -0.3 is 4.57 Å². The van der Waals surface area contributed by atoms with Gasteiger partial charge >= 0.3 is 0 Å². The number of fused-ring (bicyclic) bond motifs is 1. The van der Waals surface area contributed by atoms with Gasteiger partial charge in [-0.05, 0) is 37.6 Å². The number of aromatic nitrogens is 1. The number of rotatable bonds is 3. The molecule has 3 aromatic rings. The number of hydrogen-bond acceptors (Lipinski definition) is 4. The summed E-state index contributed by atoms with van der Waals surface area (Å²) in [5.41, 5.74) is 1.94. The van der Waals surface area contributed by atoms with E-state index in [1.54, 1.807) is 0 Å². The van der Waals surface area contributed by atoms with Crippen LogP contribution < -0.4 is 4.80 Å². The molecule has 3 rings (SSSR count). The summed E-state index contributed by atoms with van der Waals surface area (Å²) in [6, 6.07) is 9.79. The number of non-ortho nitro benzene ring substituents is 1. The number of carbonyl (C=O) groups is 1. The summed E-state index contributed by atoms with van der Waals surface area (Å²) in [6.45, 7) is 4.62. The summed E-state index contributed by atoms with van der Waals surface area (Å²) in [5.74, 6) is -0.598. The minimum atomic E-state index is -0.598. The molecule has 1 amide bonds. The first-order chi connectivity index (χ1) is 11.9. The van der Waals surface area contributed by atoms with E-state index in [9.17, 15) is 14.9 Å². The smallest absolute Gasteiger partial charge is 0.281 e. The zero-order chi connectivity index (χ0) is 18.1. The third kappa shape index (κ3) is 3.33. The van der Waals surface area contributed by atoms with E-state index in [-0.39, 0.29) is 16.3 Å². The van der Waals surface area contributed by atoms with Crippen LogP contribution in [0.2, 0.25) is 5.02 Å². The Kier molecular flexibility index (Phi) is 4.69. The normalized spacial score (nSPS) is 11.9. The number of aryl methyl sites for hydroxylation is 2. The van der Waals surface area contributed by atoms with Gasteiger partial charge in [0, 0.05) is 18.7 Å². The predicted octanol–water partition coefficient (Wildman–Crippen LogP) is 4.33. The number of hydrogen-bond donors (Lipinski definition) is 0. The van der Waals surface area contributed by atoms with E-state index in [0.717, 1.165) is 21.8 Å². The molecule has 0 saturated carbocycles. The van der Waals surface area contributed by atoms with Crippen molar-refractivity contribution in [3.63, 3.8) is 0 Å². The monoisotopic (exact) mass is 375 g/mol. The van der Waals surface area contributed by atoms with Gasteiger partial charge in [-0.3, -0.25) is 14.9 Å². The summed E-state index contributed by atoms with van der Waals surface area (Å²) < 4.78 is 2.96. The third-order valence-corrected chi connectivity index (χ3v) is 5.11. The van der Waals surface area contributed by atoms with Crippen molar-refractivity contribution < 1.29 is 9.72 Å². The molecule has 6 nitrogen and oxygen atoms in total. The lowest BCUT2D eigenvalue weighted by Crippen LogP contribution is -2.16. The molecule has 0 saturated heterocycles. The SMILES string of the molecule is CCn1c(=NC(=O)c2cc([N+](=O)[O-])ccc2Cl)sc2cc(C)ccc21. The van der Waals surface area contributed by atoms with E-state index in [1.807, 2.05) is 36.6 Å². The topological polar surface area (TPSA) is 77.5 Å². The molecule has 0 radical (unpaired) electrons. The minimum Gasteiger partial charge on any atom is -0.317 e. The Morgan fingerprint density at radius 2 is 2.08 bits per heavy atom. The van der Waals surface area contributed by atoms with Gasteiger partial charge in [0.1, 0.15) is 0 Å². The summed E-state index contributed by atoms with van der Waals surface area (Å²) in [4.78, 5) is 27.6. The second-order valence-electron chi connectivity index (χ2n) is 5.44. The zero-order valence-corrected chi connectivity index (χ0v) is 15.1.